The fourth-order valence-corrected chi connectivity index (χ4v) is 3.23. The quantitative estimate of drug-likeness (QED) is 0.866. The van der Waals surface area contributed by atoms with Crippen LogP contribution in [0.15, 0.2) is 17.5 Å². The van der Waals surface area contributed by atoms with E-state index < -0.39 is 0 Å². The molecule has 0 radical (unpaired) electrons. The molecular formula is C15H25N3OS. The minimum Gasteiger partial charge on any atom is -0.336 e. The van der Waals surface area contributed by atoms with Crippen molar-refractivity contribution in [2.24, 2.45) is 5.92 Å². The standard InChI is InChI=1S/C15H25N3OS/c1-17(2)9-10-18(12-14-4-3-11-20-14)15(19)13-5-7-16-8-6-13/h3-4,11,13,16H,5-10,12H2,1-2H3. The van der Waals surface area contributed by atoms with Gasteiger partial charge in [-0.3, -0.25) is 4.79 Å². The molecule has 0 unspecified atom stereocenters. The largest absolute Gasteiger partial charge is 0.336 e. The minimum absolute atomic E-state index is 0.207. The Kier molecular flexibility index (Phi) is 6.01. The molecule has 0 bridgehead atoms. The molecule has 0 aliphatic carbocycles. The van der Waals surface area contributed by atoms with Gasteiger partial charge in [-0.05, 0) is 51.5 Å². The number of carbonyl (C=O) groups is 1. The summed E-state index contributed by atoms with van der Waals surface area (Å²) in [5, 5.41) is 5.41. The molecule has 4 nitrogen and oxygen atoms in total. The lowest BCUT2D eigenvalue weighted by Crippen LogP contribution is -2.43. The Morgan fingerprint density at radius 3 is 2.70 bits per heavy atom. The summed E-state index contributed by atoms with van der Waals surface area (Å²) < 4.78 is 0. The molecule has 1 saturated heterocycles. The molecule has 1 aliphatic rings. The number of carbonyl (C=O) groups excluding carboxylic acids is 1. The van der Waals surface area contributed by atoms with Crippen LogP contribution < -0.4 is 5.32 Å². The first-order valence-electron chi connectivity index (χ1n) is 7.33. The van der Waals surface area contributed by atoms with Crippen LogP contribution in [0.1, 0.15) is 17.7 Å². The Morgan fingerprint density at radius 2 is 2.10 bits per heavy atom. The molecule has 1 N–H and O–H groups in total. The molecule has 0 aromatic carbocycles. The number of nitrogens with zero attached hydrogens (tertiary/aromatic N) is 2. The Morgan fingerprint density at radius 1 is 1.35 bits per heavy atom. The van der Waals surface area contributed by atoms with E-state index in [9.17, 15) is 4.79 Å². The summed E-state index contributed by atoms with van der Waals surface area (Å²) in [5.74, 6) is 0.542. The first-order chi connectivity index (χ1) is 9.66. The SMILES string of the molecule is CN(C)CCN(Cc1cccs1)C(=O)C1CCNCC1. The zero-order valence-electron chi connectivity index (χ0n) is 12.5. The Bertz CT molecular complexity index is 399. The monoisotopic (exact) mass is 295 g/mol. The van der Waals surface area contributed by atoms with Crippen LogP contribution in [-0.4, -0.2) is 56.0 Å². The van der Waals surface area contributed by atoms with Gasteiger partial charge in [0.25, 0.3) is 0 Å². The van der Waals surface area contributed by atoms with Crippen LogP contribution in [0.4, 0.5) is 0 Å². The van der Waals surface area contributed by atoms with Crippen molar-refractivity contribution in [2.45, 2.75) is 19.4 Å². The van der Waals surface area contributed by atoms with Crippen molar-refractivity contribution in [1.82, 2.24) is 15.1 Å². The highest BCUT2D eigenvalue weighted by molar-refractivity contribution is 7.09. The van der Waals surface area contributed by atoms with Crippen LogP contribution in [0.5, 0.6) is 0 Å². The predicted octanol–water partition coefficient (Wildman–Crippen LogP) is 1.64. The number of nitrogens with one attached hydrogen (secondary N) is 1. The van der Waals surface area contributed by atoms with Gasteiger partial charge >= 0.3 is 0 Å². The zero-order valence-corrected chi connectivity index (χ0v) is 13.3. The molecule has 1 fully saturated rings. The van der Waals surface area contributed by atoms with Gasteiger partial charge in [-0.25, -0.2) is 0 Å². The number of likely N-dealkylation sites (N-methyl/N-ethyl adjacent to an activating group) is 1. The summed E-state index contributed by atoms with van der Waals surface area (Å²) in [7, 11) is 4.11. The molecule has 112 valence electrons. The fraction of sp³-hybridized carbons (Fsp3) is 0.667. The first kappa shape index (κ1) is 15.5. The van der Waals surface area contributed by atoms with Gasteiger partial charge in [0.15, 0.2) is 0 Å². The van der Waals surface area contributed by atoms with Crippen molar-refractivity contribution in [3.63, 3.8) is 0 Å². The molecule has 0 saturated carbocycles. The second-order valence-corrected chi connectivity index (χ2v) is 6.70. The summed E-state index contributed by atoms with van der Waals surface area (Å²) >= 11 is 1.73. The fourth-order valence-electron chi connectivity index (χ4n) is 2.51. The van der Waals surface area contributed by atoms with E-state index in [-0.39, 0.29) is 5.92 Å². The maximum absolute atomic E-state index is 12.7. The third-order valence-corrected chi connectivity index (χ3v) is 4.61. The lowest BCUT2D eigenvalue weighted by molar-refractivity contribution is -0.137. The number of thiophene rings is 1. The molecule has 20 heavy (non-hydrogen) atoms. The summed E-state index contributed by atoms with van der Waals surface area (Å²) in [5.41, 5.74) is 0. The van der Waals surface area contributed by atoms with E-state index >= 15 is 0 Å². The van der Waals surface area contributed by atoms with Crippen LogP contribution in [0.2, 0.25) is 0 Å². The summed E-state index contributed by atoms with van der Waals surface area (Å²) in [6, 6.07) is 4.17. The van der Waals surface area contributed by atoms with Crippen LogP contribution in [-0.2, 0) is 11.3 Å². The molecule has 0 atom stereocenters. The third-order valence-electron chi connectivity index (χ3n) is 3.74. The molecule has 1 aromatic heterocycles. The molecule has 1 aliphatic heterocycles. The number of amides is 1. The second kappa shape index (κ2) is 7.76. The van der Waals surface area contributed by atoms with E-state index in [1.165, 1.54) is 4.88 Å². The van der Waals surface area contributed by atoms with Crippen molar-refractivity contribution in [3.05, 3.63) is 22.4 Å². The van der Waals surface area contributed by atoms with E-state index in [2.05, 4.69) is 41.8 Å². The average Bonchev–Trinajstić information content (AvgIpc) is 2.96. The van der Waals surface area contributed by atoms with Gasteiger partial charge in [0.2, 0.25) is 5.91 Å². The molecule has 1 amide bonds. The van der Waals surface area contributed by atoms with Gasteiger partial charge in [-0.15, -0.1) is 11.3 Å². The van der Waals surface area contributed by atoms with E-state index in [0.29, 0.717) is 5.91 Å². The van der Waals surface area contributed by atoms with E-state index in [1.807, 2.05) is 4.90 Å². The Balaban J connectivity index is 1.98. The smallest absolute Gasteiger partial charge is 0.226 e. The Labute approximate surface area is 125 Å². The number of rotatable bonds is 6. The highest BCUT2D eigenvalue weighted by Gasteiger charge is 2.26. The highest BCUT2D eigenvalue weighted by atomic mass is 32.1. The predicted molar refractivity (Wildman–Crippen MR) is 83.9 cm³/mol. The third kappa shape index (κ3) is 4.58. The number of hydrogen-bond donors (Lipinski definition) is 1. The first-order valence-corrected chi connectivity index (χ1v) is 8.21. The normalized spacial score (nSPS) is 16.6. The number of hydrogen-bond acceptors (Lipinski definition) is 4. The lowest BCUT2D eigenvalue weighted by Gasteiger charge is -2.30. The van der Waals surface area contributed by atoms with Gasteiger partial charge in [0, 0.05) is 23.9 Å². The minimum atomic E-state index is 0.207. The summed E-state index contributed by atoms with van der Waals surface area (Å²) in [6.45, 7) is 4.43. The Hall–Kier alpha value is -0.910. The maximum atomic E-state index is 12.7. The van der Waals surface area contributed by atoms with Crippen LogP contribution in [0.25, 0.3) is 0 Å². The molecule has 0 spiro atoms. The van der Waals surface area contributed by atoms with Gasteiger partial charge in [-0.2, -0.15) is 0 Å². The molecule has 1 aromatic rings. The topological polar surface area (TPSA) is 35.6 Å². The van der Waals surface area contributed by atoms with Crippen molar-refractivity contribution in [1.29, 1.82) is 0 Å². The lowest BCUT2D eigenvalue weighted by atomic mass is 9.96. The van der Waals surface area contributed by atoms with Gasteiger partial charge in [-0.1, -0.05) is 6.07 Å². The summed E-state index contributed by atoms with van der Waals surface area (Å²) in [6.07, 6.45) is 1.95. The van der Waals surface area contributed by atoms with E-state index in [1.54, 1.807) is 11.3 Å². The van der Waals surface area contributed by atoms with Crippen molar-refractivity contribution < 1.29 is 4.79 Å². The maximum Gasteiger partial charge on any atom is 0.226 e. The molecule has 2 heterocycles. The van der Waals surface area contributed by atoms with Gasteiger partial charge in [0.05, 0.1) is 6.54 Å². The molecular weight excluding hydrogens is 270 g/mol. The highest BCUT2D eigenvalue weighted by Crippen LogP contribution is 2.18. The zero-order chi connectivity index (χ0) is 14.4. The van der Waals surface area contributed by atoms with Gasteiger partial charge in [0.1, 0.15) is 0 Å². The van der Waals surface area contributed by atoms with Crippen LogP contribution >= 0.6 is 11.3 Å². The van der Waals surface area contributed by atoms with Crippen molar-refractivity contribution in [3.8, 4) is 0 Å². The summed E-state index contributed by atoms with van der Waals surface area (Å²) in [4.78, 5) is 18.2. The van der Waals surface area contributed by atoms with Gasteiger partial charge < -0.3 is 15.1 Å². The van der Waals surface area contributed by atoms with Crippen molar-refractivity contribution in [2.75, 3.05) is 40.3 Å². The second-order valence-electron chi connectivity index (χ2n) is 5.67. The van der Waals surface area contributed by atoms with Crippen LogP contribution in [0.3, 0.4) is 0 Å². The van der Waals surface area contributed by atoms with E-state index in [0.717, 1.165) is 45.6 Å². The molecule has 2 rings (SSSR count). The van der Waals surface area contributed by atoms with E-state index in [4.69, 9.17) is 0 Å². The molecule has 5 heteroatoms. The average molecular weight is 295 g/mol. The van der Waals surface area contributed by atoms with Crippen LogP contribution in [0, 0.1) is 5.92 Å². The van der Waals surface area contributed by atoms with Crippen molar-refractivity contribution >= 4 is 17.2 Å². The number of piperidine rings is 1.